The lowest BCUT2D eigenvalue weighted by Crippen LogP contribution is -1.96. The molecule has 0 amide bonds. The molecule has 0 bridgehead atoms. The van der Waals surface area contributed by atoms with E-state index in [0.717, 1.165) is 131 Å². The van der Waals surface area contributed by atoms with Crippen LogP contribution in [-0.2, 0) is 38.6 Å². The standard InChI is InChI=1S/C9H7N.2C8H9N.C8H7N.C7H6N2.2C7H7NO.C7H5NS.C6H4N2O.9C4H10/c1-2-6-9-8(4-1)5-3-7-10-9;1-3-7-4-2-6-9-8(7)5-1;2*1-2-4-8-7(3-1)5-6-9-8;1-2-6-4-8-5-7(6)9-3-1;1-3-8-5-7-6(1)2-4-9-7;2*1-2-4-7-6(3-1)8-5-9-7;1-2-9-6-5(1)3-7-4-8-6;9*1-4(2)3/h1-7H;2,4,6H,1,3,5H2;1-4,9H,5-6H2;1-4,6H,5H2;1-3,5H,4H2;1,3,5H,2,4H2;1-4,8H,5H2;1-5H;1-4H;9*4H,1-3H3. The Kier molecular flexibility index (Phi) is 59.3. The topological polar surface area (TPSA) is 171 Å². The van der Waals surface area contributed by atoms with Crippen molar-refractivity contribution < 1.29 is 13.9 Å². The highest BCUT2D eigenvalue weighted by Gasteiger charge is 2.12. The fraction of sp³-hybridized carbons (Fsp3) is 0.447. The molecule has 1 aliphatic carbocycles. The molecule has 0 spiro atoms. The van der Waals surface area contributed by atoms with E-state index < -0.39 is 0 Å². The van der Waals surface area contributed by atoms with Gasteiger partial charge in [-0.2, -0.15) is 0 Å². The average molecular weight is 1620 g/mol. The summed E-state index contributed by atoms with van der Waals surface area (Å²) >= 11 is 1.68. The van der Waals surface area contributed by atoms with Gasteiger partial charge in [-0.15, -0.1) is 11.3 Å². The molecule has 15 heteroatoms. The molecule has 6 aliphatic rings. The van der Waals surface area contributed by atoms with E-state index in [2.05, 4.69) is 303 Å². The molecular weight excluding hydrogens is 1470 g/mol. The van der Waals surface area contributed by atoms with Crippen LogP contribution in [-0.4, -0.2) is 67.2 Å². The summed E-state index contributed by atoms with van der Waals surface area (Å²) in [6.45, 7) is 61.9. The number of para-hydroxylation sites is 6. The number of rotatable bonds is 0. The van der Waals surface area contributed by atoms with Crippen LogP contribution in [0.4, 0.5) is 17.1 Å². The number of thiazole rings is 1. The molecule has 12 aromatic rings. The lowest BCUT2D eigenvalue weighted by molar-refractivity contribution is 0.355. The second-order valence-electron chi connectivity index (χ2n) is 34.3. The second-order valence-corrected chi connectivity index (χ2v) is 35.2. The van der Waals surface area contributed by atoms with E-state index in [0.29, 0.717) is 12.4 Å². The van der Waals surface area contributed by atoms with Crippen molar-refractivity contribution in [1.29, 1.82) is 0 Å². The van der Waals surface area contributed by atoms with Crippen molar-refractivity contribution in [3.05, 3.63) is 264 Å². The lowest BCUT2D eigenvalue weighted by Gasteiger charge is -1.94. The zero-order chi connectivity index (χ0) is 87.8. The van der Waals surface area contributed by atoms with E-state index in [1.165, 1.54) is 81.3 Å². The number of benzene rings is 5. The highest BCUT2D eigenvalue weighted by Crippen LogP contribution is 2.28. The molecular formula is C103H151N11O3S. The SMILES string of the molecule is C1=NCc2cccnc21.C1=Nc2ccccc2C1.CC(C)C.CC(C)C.CC(C)C.CC(C)C.CC(C)C.CC(C)C.CC(C)C.CC(C)C.CC(C)C.c1cc2c(cn1)OCC2.c1ccc2c(c1)CCN2.c1ccc2c(c1)NCO2.c1ccc2ncccc2c1.c1ccc2scnc2c1.c1cnc2c(c1)CCC2.c1ncc2ccoc2n1. The van der Waals surface area contributed by atoms with Crippen LogP contribution in [0.5, 0.6) is 11.5 Å². The maximum absolute atomic E-state index is 5.24. The normalized spacial score (nSPS) is 11.7. The first-order chi connectivity index (χ1) is 56.3. The van der Waals surface area contributed by atoms with E-state index in [9.17, 15) is 0 Å². The van der Waals surface area contributed by atoms with Crippen LogP contribution in [0.25, 0.3) is 32.2 Å². The fourth-order valence-electron chi connectivity index (χ4n) is 9.08. The largest absolute Gasteiger partial charge is 0.491 e. The number of aliphatic imine (C=N–C) groups is 2. The molecule has 18 rings (SSSR count). The Bertz CT molecular complexity index is 3810. The number of pyridine rings is 4. The number of aryl methyl sites for hydroxylation is 2. The molecule has 14 nitrogen and oxygen atoms in total. The quantitative estimate of drug-likeness (QED) is 0.147. The van der Waals surface area contributed by atoms with Crippen LogP contribution in [0.15, 0.2) is 240 Å². The molecule has 0 saturated carbocycles. The third-order valence-electron chi connectivity index (χ3n) is 13.3. The first-order valence-electron chi connectivity index (χ1n) is 42.8. The van der Waals surface area contributed by atoms with E-state index in [4.69, 9.17) is 13.9 Å². The van der Waals surface area contributed by atoms with Gasteiger partial charge in [0.15, 0.2) is 6.73 Å². The van der Waals surface area contributed by atoms with Crippen molar-refractivity contribution >= 4 is 73.0 Å². The smallest absolute Gasteiger partial charge is 0.228 e. The van der Waals surface area contributed by atoms with Crippen LogP contribution in [0.2, 0.25) is 0 Å². The summed E-state index contributed by atoms with van der Waals surface area (Å²) in [5, 5.41) is 8.52. The van der Waals surface area contributed by atoms with Crippen molar-refractivity contribution in [3.63, 3.8) is 0 Å². The Morgan fingerprint density at radius 1 is 0.381 bits per heavy atom. The minimum atomic E-state index is 0.610. The Labute approximate surface area is 719 Å². The highest BCUT2D eigenvalue weighted by atomic mass is 32.1. The van der Waals surface area contributed by atoms with E-state index in [1.807, 2.05) is 140 Å². The van der Waals surface area contributed by atoms with Crippen molar-refractivity contribution in [2.45, 2.75) is 232 Å². The average Bonchev–Trinajstić information content (AvgIpc) is 1.44. The van der Waals surface area contributed by atoms with E-state index >= 15 is 0 Å². The van der Waals surface area contributed by atoms with Crippen LogP contribution in [0.3, 0.4) is 0 Å². The first-order valence-corrected chi connectivity index (χ1v) is 43.7. The van der Waals surface area contributed by atoms with Gasteiger partial charge in [0.05, 0.1) is 69.3 Å². The summed E-state index contributed by atoms with van der Waals surface area (Å²) < 4.78 is 16.7. The Morgan fingerprint density at radius 3 is 1.50 bits per heavy atom. The van der Waals surface area contributed by atoms with Crippen LogP contribution in [0, 0.1) is 53.3 Å². The second kappa shape index (κ2) is 66.0. The van der Waals surface area contributed by atoms with Crippen molar-refractivity contribution in [2.24, 2.45) is 63.2 Å². The maximum atomic E-state index is 5.24. The molecule has 12 heterocycles. The molecule has 5 aliphatic heterocycles. The minimum Gasteiger partial charge on any atom is -0.491 e. The summed E-state index contributed by atoms with van der Waals surface area (Å²) in [7, 11) is 0. The van der Waals surface area contributed by atoms with Gasteiger partial charge >= 0.3 is 0 Å². The molecule has 0 saturated heterocycles. The van der Waals surface area contributed by atoms with E-state index in [-0.39, 0.29) is 0 Å². The molecule has 5 aromatic carbocycles. The zero-order valence-corrected chi connectivity index (χ0v) is 78.3. The first kappa shape index (κ1) is 106. The van der Waals surface area contributed by atoms with Gasteiger partial charge in [0.1, 0.15) is 17.8 Å². The van der Waals surface area contributed by atoms with Crippen molar-refractivity contribution in [2.75, 3.05) is 30.5 Å². The molecule has 642 valence electrons. The molecule has 118 heavy (non-hydrogen) atoms. The number of furan rings is 1. The monoisotopic (exact) mass is 1620 g/mol. The molecule has 0 fully saturated rings. The van der Waals surface area contributed by atoms with Gasteiger partial charge in [0, 0.05) is 90.7 Å². The third-order valence-corrected chi connectivity index (χ3v) is 14.1. The van der Waals surface area contributed by atoms with Gasteiger partial charge in [-0.05, 0) is 168 Å². The number of ether oxygens (including phenoxy) is 2. The Balaban J connectivity index is 0.000000633. The fourth-order valence-corrected chi connectivity index (χ4v) is 9.75. The number of hydrogen-bond donors (Lipinski definition) is 2. The summed E-state index contributed by atoms with van der Waals surface area (Å²) in [4.78, 5) is 36.5. The number of aromatic nitrogens is 7. The van der Waals surface area contributed by atoms with E-state index in [1.54, 1.807) is 42.4 Å². The van der Waals surface area contributed by atoms with Gasteiger partial charge in [-0.25, -0.2) is 15.0 Å². The van der Waals surface area contributed by atoms with Crippen molar-refractivity contribution in [1.82, 2.24) is 34.9 Å². The predicted molar refractivity (Wildman–Crippen MR) is 516 cm³/mol. The van der Waals surface area contributed by atoms with Crippen LogP contribution < -0.4 is 20.1 Å². The number of fused-ring (bicyclic) bond motifs is 9. The third kappa shape index (κ3) is 56.4. The molecule has 0 atom stereocenters. The Morgan fingerprint density at radius 2 is 0.915 bits per heavy atom. The number of nitrogens with zero attached hydrogens (tertiary/aromatic N) is 9. The highest BCUT2D eigenvalue weighted by molar-refractivity contribution is 7.16. The van der Waals surface area contributed by atoms with Crippen molar-refractivity contribution in [3.8, 4) is 11.5 Å². The minimum absolute atomic E-state index is 0.610. The van der Waals surface area contributed by atoms with Crippen LogP contribution >= 0.6 is 11.3 Å². The van der Waals surface area contributed by atoms with Gasteiger partial charge in [-0.1, -0.05) is 284 Å². The lowest BCUT2D eigenvalue weighted by atomic mass is 10.2. The van der Waals surface area contributed by atoms with Crippen LogP contribution in [0.1, 0.15) is 233 Å². The predicted octanol–water partition coefficient (Wildman–Crippen LogP) is 29.4. The molecule has 2 N–H and O–H groups in total. The summed E-state index contributed by atoms with van der Waals surface area (Å²) in [5.74, 6) is 9.41. The van der Waals surface area contributed by atoms with Gasteiger partial charge < -0.3 is 24.5 Å². The number of hydrogen-bond acceptors (Lipinski definition) is 15. The summed E-state index contributed by atoms with van der Waals surface area (Å²) in [6, 6.07) is 56.8. The summed E-state index contributed by atoms with van der Waals surface area (Å²) in [6.07, 6.45) is 24.5. The number of nitrogens with one attached hydrogen (secondary N) is 2. The van der Waals surface area contributed by atoms with Gasteiger partial charge in [-0.3, -0.25) is 29.9 Å². The zero-order valence-electron chi connectivity index (χ0n) is 77.4. The van der Waals surface area contributed by atoms with Gasteiger partial charge in [0.2, 0.25) is 5.71 Å². The summed E-state index contributed by atoms with van der Waals surface area (Å²) in [5.41, 5.74) is 17.3. The Hall–Kier alpha value is -9.99. The number of anilines is 2. The maximum Gasteiger partial charge on any atom is 0.228 e. The molecule has 7 aromatic heterocycles. The molecule has 0 unspecified atom stereocenters. The molecule has 0 radical (unpaired) electrons. The van der Waals surface area contributed by atoms with Gasteiger partial charge in [0.25, 0.3) is 0 Å².